The zero-order valence-corrected chi connectivity index (χ0v) is 76.9. The van der Waals surface area contributed by atoms with Gasteiger partial charge in [-0.2, -0.15) is 0 Å². The second-order valence-electron chi connectivity index (χ2n) is 35.8. The first kappa shape index (κ1) is 88.8. The summed E-state index contributed by atoms with van der Waals surface area (Å²) in [5.74, 6) is 4.91. The molecule has 8 unspecified atom stereocenters. The molecule has 1 aliphatic carbocycles. The highest BCUT2D eigenvalue weighted by atomic mass is 32.1. The van der Waals surface area contributed by atoms with Crippen molar-refractivity contribution >= 4 is 141 Å². The van der Waals surface area contributed by atoms with Crippen molar-refractivity contribution in [2.45, 2.75) is 127 Å². The molecule has 8 aromatic heterocycles. The number of nitrogens with zero attached hydrogens (tertiary/aromatic N) is 20. The molecule has 21 rings (SSSR count). The van der Waals surface area contributed by atoms with Crippen LogP contribution in [-0.4, -0.2) is 246 Å². The fraction of sp³-hybridized carbons (Fsp3) is 0.521. The highest BCUT2D eigenvalue weighted by molar-refractivity contribution is 7.10. The van der Waals surface area contributed by atoms with Crippen molar-refractivity contribution in [1.82, 2.24) is 59.8 Å². The molecule has 8 saturated heterocycles. The van der Waals surface area contributed by atoms with Crippen LogP contribution in [0.1, 0.15) is 148 Å². The topological polar surface area (TPSA) is 314 Å². The fourth-order valence-corrected chi connectivity index (χ4v) is 22.5. The first-order valence-electron chi connectivity index (χ1n) is 45.3. The quantitative estimate of drug-likeness (QED) is 0.0672. The maximum atomic E-state index is 11.9. The second-order valence-corrected chi connectivity index (χ2v) is 39.4. The van der Waals surface area contributed by atoms with Crippen molar-refractivity contribution in [1.29, 1.82) is 0 Å². The number of aliphatic hydroxyl groups is 3. The number of aliphatic hydroxyl groups excluding tert-OH is 2. The number of hydrogen-bond acceptors (Lipinski definition) is 34. The normalized spacial score (nSPS) is 21.5. The van der Waals surface area contributed by atoms with Crippen LogP contribution in [0.25, 0.3) is 43.6 Å². The van der Waals surface area contributed by atoms with E-state index in [1.807, 2.05) is 17.7 Å². The number of aromatic nitrogens is 12. The SMILES string of the molecule is CC(C)(C)c1csc(C(O)C2CCCN(c3ncnc4cc(N5CCOCC5)ccc34)C2)n1.CC(O)(c1nccs1)C1CCCN(c2ncnc3cc(N4CCOCC4)ccc23)C1.COC(=O)OC(c1nccs1)C1CCCN(c2ncnc3cc(N4CCOCC4)ccc23)C1.OC(c1nc(C2CC2)cs1)C1CCCN(c2ncnc3cc(N4CCOCC4)ccc23)C1. The lowest BCUT2D eigenvalue weighted by Gasteiger charge is -2.40. The number of anilines is 8. The summed E-state index contributed by atoms with van der Waals surface area (Å²) in [6, 6.07) is 25.8. The van der Waals surface area contributed by atoms with Crippen LogP contribution in [0.3, 0.4) is 0 Å². The van der Waals surface area contributed by atoms with E-state index in [9.17, 15) is 20.1 Å². The Morgan fingerprint density at radius 3 is 1.19 bits per heavy atom. The molecule has 0 radical (unpaired) electrons. The molecular weight excluding hydrogens is 1700 g/mol. The van der Waals surface area contributed by atoms with Crippen molar-refractivity contribution in [3.05, 3.63) is 163 Å². The van der Waals surface area contributed by atoms with Gasteiger partial charge in [-0.3, -0.25) is 0 Å². The van der Waals surface area contributed by atoms with Crippen LogP contribution in [-0.2, 0) is 39.4 Å². The van der Waals surface area contributed by atoms with Gasteiger partial charge in [0.25, 0.3) is 0 Å². The molecule has 4 aromatic carbocycles. The molecule has 676 valence electrons. The van der Waals surface area contributed by atoms with Gasteiger partial charge in [-0.05, 0) is 144 Å². The van der Waals surface area contributed by atoms with E-state index >= 15 is 0 Å². The van der Waals surface area contributed by atoms with Crippen molar-refractivity contribution in [2.24, 2.45) is 23.7 Å². The third-order valence-corrected chi connectivity index (χ3v) is 30.0. The Balaban J connectivity index is 0.000000115. The van der Waals surface area contributed by atoms with Gasteiger partial charge in [0.2, 0.25) is 0 Å². The number of carbonyl (C=O) groups excluding carboxylic acids is 1. The summed E-state index contributed by atoms with van der Waals surface area (Å²) in [6.07, 6.45) is 18.4. The van der Waals surface area contributed by atoms with Crippen LogP contribution in [0.15, 0.2) is 132 Å². The van der Waals surface area contributed by atoms with Crippen LogP contribution in [0.5, 0.6) is 0 Å². The molecule has 0 amide bonds. The van der Waals surface area contributed by atoms with Gasteiger partial charge in [0.1, 0.15) is 86.4 Å². The molecule has 8 aliphatic heterocycles. The number of benzene rings is 4. The maximum absolute atomic E-state index is 11.9. The highest BCUT2D eigenvalue weighted by Gasteiger charge is 2.41. The van der Waals surface area contributed by atoms with Crippen LogP contribution in [0, 0.1) is 23.7 Å². The molecule has 12 aromatic rings. The molecule has 8 atom stereocenters. The van der Waals surface area contributed by atoms with Crippen molar-refractivity contribution < 1.29 is 48.5 Å². The molecule has 16 heterocycles. The summed E-state index contributed by atoms with van der Waals surface area (Å²) in [5.41, 5.74) is 9.80. The fourth-order valence-electron chi connectivity index (χ4n) is 18.9. The summed E-state index contributed by atoms with van der Waals surface area (Å²) in [5, 5.41) is 49.0. The minimum absolute atomic E-state index is 0.00693. The van der Waals surface area contributed by atoms with Gasteiger partial charge in [0.05, 0.1) is 93.4 Å². The lowest BCUT2D eigenvalue weighted by molar-refractivity contribution is -0.0119. The number of methoxy groups -OCH3 is 1. The van der Waals surface area contributed by atoms with Gasteiger partial charge in [-0.25, -0.2) is 64.6 Å². The van der Waals surface area contributed by atoms with Crippen LogP contribution < -0.4 is 39.2 Å². The second kappa shape index (κ2) is 40.7. The van der Waals surface area contributed by atoms with Crippen LogP contribution in [0.4, 0.5) is 50.8 Å². The molecule has 1 saturated carbocycles. The average molecular weight is 1810 g/mol. The van der Waals surface area contributed by atoms with E-state index < -0.39 is 30.1 Å². The van der Waals surface area contributed by atoms with E-state index in [4.69, 9.17) is 38.4 Å². The Kier molecular flexibility index (Phi) is 28.2. The summed E-state index contributed by atoms with van der Waals surface area (Å²) in [6.45, 7) is 28.4. The van der Waals surface area contributed by atoms with Crippen molar-refractivity contribution in [2.75, 3.05) is 204 Å². The summed E-state index contributed by atoms with van der Waals surface area (Å²) in [4.78, 5) is 85.6. The molecule has 9 fully saturated rings. The average Bonchev–Trinajstić information content (AvgIpc) is 1.38. The number of thiazole rings is 4. The molecule has 0 bridgehead atoms. The van der Waals surface area contributed by atoms with E-state index in [-0.39, 0.29) is 29.1 Å². The van der Waals surface area contributed by atoms with Gasteiger partial charge in [0.15, 0.2) is 6.10 Å². The highest BCUT2D eigenvalue weighted by Crippen LogP contribution is 2.46. The van der Waals surface area contributed by atoms with Gasteiger partial charge in [0, 0.05) is 218 Å². The van der Waals surface area contributed by atoms with Gasteiger partial charge < -0.3 is 82.9 Å². The lowest BCUT2D eigenvalue weighted by Crippen LogP contribution is -2.45. The van der Waals surface area contributed by atoms with Crippen molar-refractivity contribution in [3.8, 4) is 0 Å². The minimum atomic E-state index is -0.931. The Labute approximate surface area is 762 Å². The van der Waals surface area contributed by atoms with Gasteiger partial charge >= 0.3 is 6.16 Å². The number of morpholine rings is 4. The van der Waals surface area contributed by atoms with E-state index in [1.54, 1.807) is 60.4 Å². The number of carbonyl (C=O) groups is 1. The van der Waals surface area contributed by atoms with Crippen molar-refractivity contribution in [3.63, 3.8) is 0 Å². The summed E-state index contributed by atoms with van der Waals surface area (Å²) in [7, 11) is 1.33. The number of rotatable bonds is 18. The molecule has 30 nitrogen and oxygen atoms in total. The summed E-state index contributed by atoms with van der Waals surface area (Å²) < 4.78 is 32.3. The van der Waals surface area contributed by atoms with E-state index in [0.717, 1.165) is 301 Å². The molecule has 0 spiro atoms. The monoisotopic (exact) mass is 1810 g/mol. The molecular formula is C94H116N20O10S4. The van der Waals surface area contributed by atoms with Crippen LogP contribution in [0.2, 0.25) is 0 Å². The Bertz CT molecular complexity index is 5670. The third-order valence-electron chi connectivity index (χ3n) is 26.3. The number of ether oxygens (including phenoxy) is 6. The molecule has 9 aliphatic rings. The Hall–Kier alpha value is -9.85. The number of piperidine rings is 4. The van der Waals surface area contributed by atoms with Crippen LogP contribution >= 0.6 is 45.3 Å². The third kappa shape index (κ3) is 20.6. The Morgan fingerprint density at radius 1 is 0.422 bits per heavy atom. The lowest BCUT2D eigenvalue weighted by atomic mass is 9.83. The Morgan fingerprint density at radius 2 is 0.805 bits per heavy atom. The number of fused-ring (bicyclic) bond motifs is 4. The predicted octanol–water partition coefficient (Wildman–Crippen LogP) is 14.6. The summed E-state index contributed by atoms with van der Waals surface area (Å²) >= 11 is 6.20. The van der Waals surface area contributed by atoms with E-state index in [2.05, 4.69) is 193 Å². The predicted molar refractivity (Wildman–Crippen MR) is 505 cm³/mol. The minimum Gasteiger partial charge on any atom is -0.438 e. The van der Waals surface area contributed by atoms with Gasteiger partial charge in [-0.15, -0.1) is 45.3 Å². The van der Waals surface area contributed by atoms with Gasteiger partial charge in [-0.1, -0.05) is 20.8 Å². The maximum Gasteiger partial charge on any atom is 0.508 e. The first-order valence-corrected chi connectivity index (χ1v) is 48.9. The number of hydrogen-bond donors (Lipinski definition) is 3. The zero-order valence-electron chi connectivity index (χ0n) is 73.6. The van der Waals surface area contributed by atoms with E-state index in [0.29, 0.717) is 12.5 Å². The molecule has 3 N–H and O–H groups in total. The zero-order chi connectivity index (χ0) is 87.7. The molecule has 128 heavy (non-hydrogen) atoms. The standard InChI is InChI=1S/C25H33N5O2S.C24H29N5O2S.C23H27N5O4S.C22H27N5O2S/c1-25(2,3)21-15-33-24(28-21)22(31)17-5-4-8-30(14-17)23-19-7-6-18(13-20(19)26-16-27-23)29-9-11-32-12-10-29;30-22(24-27-21(14-32-24)16-3-4-16)17-2-1-7-29(13-17)23-19-6-5-18(12-20(19)25-15-26-23)28-8-10-31-11-9-28;1-30-23(29)32-20(22-24-6-12-33-22)16-3-2-7-28(14-16)21-18-5-4-17(13-19(18)25-15-26-21)27-8-10-31-11-9-27;1-22(28,21-23-6-12-30-21)16-3-2-7-27(14-16)20-18-5-4-17(13-19(18)24-15-25-20)26-8-10-29-11-9-26/h6-7,13,15-17,22,31H,4-5,8-12,14H2,1-3H3;5-6,12,14-17,22,30H,1-4,7-11,13H2;4-6,12-13,15-16,20H,2-3,7-11,14H2,1H3;4-6,12-13,15-16,28H,2-3,7-11,14H2,1H3. The first-order chi connectivity index (χ1) is 62.5. The smallest absolute Gasteiger partial charge is 0.438 e. The largest absolute Gasteiger partial charge is 0.508 e. The molecule has 34 heteroatoms. The van der Waals surface area contributed by atoms with E-state index in [1.165, 1.54) is 65.4 Å².